The van der Waals surface area contributed by atoms with Gasteiger partial charge in [0.1, 0.15) is 6.04 Å². The van der Waals surface area contributed by atoms with Gasteiger partial charge in [-0.25, -0.2) is 0 Å². The molecule has 3 atom stereocenters. The van der Waals surface area contributed by atoms with Crippen LogP contribution in [0.5, 0.6) is 0 Å². The molecule has 0 saturated carbocycles. The van der Waals surface area contributed by atoms with Crippen molar-refractivity contribution < 1.29 is 9.59 Å². The highest BCUT2D eigenvalue weighted by Gasteiger charge is 2.39. The van der Waals surface area contributed by atoms with Crippen LogP contribution in [0, 0.1) is 0 Å². The fourth-order valence-corrected chi connectivity index (χ4v) is 4.36. The van der Waals surface area contributed by atoms with Gasteiger partial charge in [-0.05, 0) is 42.9 Å². The molecule has 3 aromatic rings. The molecule has 1 fully saturated rings. The SMILES string of the molecule is CC(C)c1ccc(C(NC(=O)C2CCC(C)N2C(=O)Cc2cn[nH]n2)c2ccccc2)nc1. The Morgan fingerprint density at radius 2 is 1.88 bits per heavy atom. The van der Waals surface area contributed by atoms with Crippen molar-refractivity contribution in [1.82, 2.24) is 30.6 Å². The van der Waals surface area contributed by atoms with Crippen LogP contribution >= 0.6 is 0 Å². The molecular formula is C25H30N6O2. The lowest BCUT2D eigenvalue weighted by Gasteiger charge is -2.29. The van der Waals surface area contributed by atoms with Gasteiger partial charge < -0.3 is 10.2 Å². The zero-order valence-electron chi connectivity index (χ0n) is 19.2. The average molecular weight is 447 g/mol. The van der Waals surface area contributed by atoms with Crippen LogP contribution in [0.25, 0.3) is 0 Å². The Morgan fingerprint density at radius 3 is 2.52 bits per heavy atom. The molecule has 8 nitrogen and oxygen atoms in total. The number of amides is 2. The van der Waals surface area contributed by atoms with Crippen LogP contribution in [0.3, 0.4) is 0 Å². The lowest BCUT2D eigenvalue weighted by molar-refractivity contribution is -0.139. The third-order valence-electron chi connectivity index (χ3n) is 6.25. The van der Waals surface area contributed by atoms with Crippen molar-refractivity contribution >= 4 is 11.8 Å². The zero-order chi connectivity index (χ0) is 23.4. The highest BCUT2D eigenvalue weighted by molar-refractivity contribution is 5.89. The predicted molar refractivity (Wildman–Crippen MR) is 124 cm³/mol. The number of carbonyl (C=O) groups is 2. The molecule has 1 aliphatic rings. The Labute approximate surface area is 193 Å². The first-order chi connectivity index (χ1) is 15.9. The summed E-state index contributed by atoms with van der Waals surface area (Å²) in [5, 5.41) is 13.4. The van der Waals surface area contributed by atoms with E-state index in [2.05, 4.69) is 45.6 Å². The molecule has 172 valence electrons. The summed E-state index contributed by atoms with van der Waals surface area (Å²) in [6, 6.07) is 12.9. The zero-order valence-corrected chi connectivity index (χ0v) is 19.2. The van der Waals surface area contributed by atoms with E-state index in [9.17, 15) is 9.59 Å². The fraction of sp³-hybridized carbons (Fsp3) is 0.400. The number of rotatable bonds is 7. The monoisotopic (exact) mass is 446 g/mol. The molecule has 2 amide bonds. The number of aromatic amines is 1. The van der Waals surface area contributed by atoms with Crippen LogP contribution < -0.4 is 5.32 Å². The van der Waals surface area contributed by atoms with E-state index in [1.807, 2.05) is 49.5 Å². The van der Waals surface area contributed by atoms with E-state index in [1.54, 1.807) is 4.90 Å². The number of aromatic nitrogens is 4. The molecular weight excluding hydrogens is 416 g/mol. The molecule has 3 heterocycles. The number of likely N-dealkylation sites (tertiary alicyclic amines) is 1. The summed E-state index contributed by atoms with van der Waals surface area (Å²) < 4.78 is 0. The highest BCUT2D eigenvalue weighted by Crippen LogP contribution is 2.27. The number of pyridine rings is 1. The molecule has 2 N–H and O–H groups in total. The van der Waals surface area contributed by atoms with Crippen molar-refractivity contribution in [3.05, 3.63) is 77.4 Å². The van der Waals surface area contributed by atoms with Crippen molar-refractivity contribution in [2.45, 2.75) is 64.1 Å². The minimum atomic E-state index is -0.527. The normalized spacial score (nSPS) is 19.0. The molecule has 3 unspecified atom stereocenters. The standard InChI is InChI=1S/C25H30N6O2/c1-16(2)19-10-11-21(26-14-19)24(18-7-5-4-6-8-18)28-25(33)22-12-9-17(3)31(22)23(32)13-20-15-27-30-29-20/h4-8,10-11,14-17,22,24H,9,12-13H2,1-3H3,(H,28,33)(H,27,29,30). The summed E-state index contributed by atoms with van der Waals surface area (Å²) in [6.07, 6.45) is 4.92. The van der Waals surface area contributed by atoms with Crippen LogP contribution in [-0.4, -0.2) is 49.2 Å². The summed E-state index contributed by atoms with van der Waals surface area (Å²) in [5.41, 5.74) is 3.42. The topological polar surface area (TPSA) is 104 Å². The van der Waals surface area contributed by atoms with Gasteiger partial charge in [0.25, 0.3) is 0 Å². The van der Waals surface area contributed by atoms with Crippen LogP contribution in [0.2, 0.25) is 0 Å². The number of carbonyl (C=O) groups excluding carboxylic acids is 2. The Bertz CT molecular complexity index is 1070. The van der Waals surface area contributed by atoms with E-state index in [0.717, 1.165) is 23.2 Å². The van der Waals surface area contributed by atoms with Crippen LogP contribution in [0.15, 0.2) is 54.9 Å². The highest BCUT2D eigenvalue weighted by atomic mass is 16.2. The Balaban J connectivity index is 1.56. The molecule has 0 bridgehead atoms. The second-order valence-corrected chi connectivity index (χ2v) is 8.90. The number of benzene rings is 1. The maximum absolute atomic E-state index is 13.5. The quantitative estimate of drug-likeness (QED) is 0.580. The first kappa shape index (κ1) is 22.6. The third-order valence-corrected chi connectivity index (χ3v) is 6.25. The van der Waals surface area contributed by atoms with Gasteiger partial charge in [0, 0.05) is 12.2 Å². The molecule has 8 heteroatoms. The maximum atomic E-state index is 13.5. The van der Waals surface area contributed by atoms with Gasteiger partial charge in [-0.3, -0.25) is 14.6 Å². The molecule has 1 saturated heterocycles. The average Bonchev–Trinajstić information content (AvgIpc) is 3.47. The van der Waals surface area contributed by atoms with Crippen molar-refractivity contribution in [2.24, 2.45) is 0 Å². The van der Waals surface area contributed by atoms with Crippen molar-refractivity contribution in [3.8, 4) is 0 Å². The second-order valence-electron chi connectivity index (χ2n) is 8.90. The fourth-order valence-electron chi connectivity index (χ4n) is 4.36. The van der Waals surface area contributed by atoms with E-state index in [0.29, 0.717) is 18.0 Å². The summed E-state index contributed by atoms with van der Waals surface area (Å²) >= 11 is 0. The molecule has 2 aromatic heterocycles. The molecule has 33 heavy (non-hydrogen) atoms. The van der Waals surface area contributed by atoms with E-state index in [1.165, 1.54) is 6.20 Å². The first-order valence-electron chi connectivity index (χ1n) is 11.4. The molecule has 1 aliphatic heterocycles. The van der Waals surface area contributed by atoms with E-state index in [-0.39, 0.29) is 24.3 Å². The van der Waals surface area contributed by atoms with E-state index >= 15 is 0 Å². The van der Waals surface area contributed by atoms with Gasteiger partial charge in [-0.15, -0.1) is 0 Å². The smallest absolute Gasteiger partial charge is 0.243 e. The molecule has 0 aliphatic carbocycles. The van der Waals surface area contributed by atoms with Crippen LogP contribution in [-0.2, 0) is 16.0 Å². The van der Waals surface area contributed by atoms with Gasteiger partial charge in [-0.2, -0.15) is 15.4 Å². The molecule has 4 rings (SSSR count). The minimum Gasteiger partial charge on any atom is -0.342 e. The number of hydrogen-bond donors (Lipinski definition) is 2. The van der Waals surface area contributed by atoms with Crippen LogP contribution in [0.4, 0.5) is 0 Å². The number of hydrogen-bond acceptors (Lipinski definition) is 5. The molecule has 1 aromatic carbocycles. The summed E-state index contributed by atoms with van der Waals surface area (Å²) in [4.78, 5) is 32.8. The van der Waals surface area contributed by atoms with Crippen molar-refractivity contribution in [1.29, 1.82) is 0 Å². The van der Waals surface area contributed by atoms with Gasteiger partial charge in [0.05, 0.1) is 30.0 Å². The van der Waals surface area contributed by atoms with Gasteiger partial charge in [-0.1, -0.05) is 50.2 Å². The lowest BCUT2D eigenvalue weighted by Crippen LogP contribution is -2.49. The summed E-state index contributed by atoms with van der Waals surface area (Å²) in [6.45, 7) is 6.23. The Hall–Kier alpha value is -3.55. The Morgan fingerprint density at radius 1 is 1.09 bits per heavy atom. The molecule has 0 spiro atoms. The Kier molecular flexibility index (Phi) is 6.82. The number of H-pyrrole nitrogens is 1. The van der Waals surface area contributed by atoms with Crippen molar-refractivity contribution in [2.75, 3.05) is 0 Å². The maximum Gasteiger partial charge on any atom is 0.243 e. The van der Waals surface area contributed by atoms with E-state index < -0.39 is 12.1 Å². The third kappa shape index (κ3) is 5.10. The summed E-state index contributed by atoms with van der Waals surface area (Å²) in [7, 11) is 0. The largest absolute Gasteiger partial charge is 0.342 e. The number of nitrogens with zero attached hydrogens (tertiary/aromatic N) is 4. The molecule has 0 radical (unpaired) electrons. The van der Waals surface area contributed by atoms with Gasteiger partial charge in [0.15, 0.2) is 0 Å². The summed E-state index contributed by atoms with van der Waals surface area (Å²) in [5.74, 6) is 0.0849. The second kappa shape index (κ2) is 9.94. The van der Waals surface area contributed by atoms with Gasteiger partial charge in [0.2, 0.25) is 11.8 Å². The first-order valence-corrected chi connectivity index (χ1v) is 11.4. The number of nitrogens with one attached hydrogen (secondary N) is 2. The van der Waals surface area contributed by atoms with E-state index in [4.69, 9.17) is 0 Å². The van der Waals surface area contributed by atoms with Gasteiger partial charge >= 0.3 is 0 Å². The van der Waals surface area contributed by atoms with Crippen LogP contribution in [0.1, 0.15) is 68.1 Å². The predicted octanol–water partition coefficient (Wildman–Crippen LogP) is 3.15. The lowest BCUT2D eigenvalue weighted by atomic mass is 10.00. The minimum absolute atomic E-state index is 0.0150. The van der Waals surface area contributed by atoms with Crippen molar-refractivity contribution in [3.63, 3.8) is 0 Å².